The molecule has 1 rings (SSSR count). The highest BCUT2D eigenvalue weighted by atomic mass is 32.2. The highest BCUT2D eigenvalue weighted by Crippen LogP contribution is 2.14. The molecular weight excluding hydrogens is 222 g/mol. The van der Waals surface area contributed by atoms with Crippen molar-refractivity contribution in [2.24, 2.45) is 0 Å². The summed E-state index contributed by atoms with van der Waals surface area (Å²) in [5.74, 6) is 0.431. The van der Waals surface area contributed by atoms with Gasteiger partial charge in [-0.2, -0.15) is 0 Å². The van der Waals surface area contributed by atoms with Gasteiger partial charge in [0.2, 0.25) is 0 Å². The molecule has 1 aliphatic heterocycles. The first-order valence-corrected chi connectivity index (χ1v) is 7.95. The number of sulfone groups is 1. The Morgan fingerprint density at radius 1 is 1.44 bits per heavy atom. The Balaban J connectivity index is 2.38. The molecule has 3 nitrogen and oxygen atoms in total. The molecule has 0 bridgehead atoms. The van der Waals surface area contributed by atoms with Crippen molar-refractivity contribution in [2.75, 3.05) is 18.1 Å². The average Bonchev–Trinajstić information content (AvgIpc) is 2.28. The van der Waals surface area contributed by atoms with E-state index in [1.54, 1.807) is 6.92 Å². The first-order chi connectivity index (χ1) is 7.53. The lowest BCUT2D eigenvalue weighted by Gasteiger charge is -2.23. The minimum atomic E-state index is -2.85. The summed E-state index contributed by atoms with van der Waals surface area (Å²) >= 11 is 0. The summed E-state index contributed by atoms with van der Waals surface area (Å²) in [6.45, 7) is 4.83. The zero-order chi connectivity index (χ0) is 12.0. The lowest BCUT2D eigenvalue weighted by atomic mass is 9.98. The van der Waals surface area contributed by atoms with Crippen LogP contribution < -0.4 is 5.32 Å². The summed E-state index contributed by atoms with van der Waals surface area (Å²) in [4.78, 5) is 0. The first-order valence-electron chi connectivity index (χ1n) is 6.13. The molecule has 1 aliphatic rings. The van der Waals surface area contributed by atoms with Gasteiger partial charge in [0, 0.05) is 11.8 Å². The topological polar surface area (TPSA) is 46.2 Å². The fourth-order valence-electron chi connectivity index (χ4n) is 1.96. The first kappa shape index (κ1) is 13.7. The van der Waals surface area contributed by atoms with E-state index in [0.717, 1.165) is 13.0 Å². The molecule has 0 aliphatic carbocycles. The molecule has 0 aromatic carbocycles. The molecule has 0 aromatic heterocycles. The van der Waals surface area contributed by atoms with Gasteiger partial charge >= 0.3 is 0 Å². The van der Waals surface area contributed by atoms with Crippen LogP contribution in [0.15, 0.2) is 11.6 Å². The van der Waals surface area contributed by atoms with Gasteiger partial charge in [-0.25, -0.2) is 8.42 Å². The zero-order valence-electron chi connectivity index (χ0n) is 10.3. The molecule has 1 saturated heterocycles. The van der Waals surface area contributed by atoms with Gasteiger partial charge in [0.25, 0.3) is 0 Å². The smallest absolute Gasteiger partial charge is 0.153 e. The van der Waals surface area contributed by atoms with Gasteiger partial charge in [-0.15, -0.1) is 0 Å². The summed E-state index contributed by atoms with van der Waals surface area (Å²) in [7, 11) is -2.85. The van der Waals surface area contributed by atoms with Crippen molar-refractivity contribution in [2.45, 2.75) is 45.6 Å². The van der Waals surface area contributed by atoms with Gasteiger partial charge < -0.3 is 5.32 Å². The molecule has 1 unspecified atom stereocenters. The summed E-state index contributed by atoms with van der Waals surface area (Å²) in [5.41, 5.74) is 1.19. The molecular formula is C12H23NO2S. The molecule has 1 atom stereocenters. The van der Waals surface area contributed by atoms with Gasteiger partial charge in [0.15, 0.2) is 9.84 Å². The maximum atomic E-state index is 11.3. The highest BCUT2D eigenvalue weighted by molar-refractivity contribution is 7.91. The lowest BCUT2D eigenvalue weighted by Crippen LogP contribution is -2.34. The maximum absolute atomic E-state index is 11.3. The van der Waals surface area contributed by atoms with Crippen LogP contribution in [-0.4, -0.2) is 32.5 Å². The summed E-state index contributed by atoms with van der Waals surface area (Å²) < 4.78 is 22.7. The van der Waals surface area contributed by atoms with E-state index in [2.05, 4.69) is 5.32 Å². The van der Waals surface area contributed by atoms with Crippen molar-refractivity contribution in [1.82, 2.24) is 5.32 Å². The van der Waals surface area contributed by atoms with Gasteiger partial charge in [-0.1, -0.05) is 25.0 Å². The van der Waals surface area contributed by atoms with Crippen LogP contribution in [0.25, 0.3) is 0 Å². The van der Waals surface area contributed by atoms with E-state index in [0.29, 0.717) is 6.04 Å². The van der Waals surface area contributed by atoms with E-state index in [9.17, 15) is 8.42 Å². The van der Waals surface area contributed by atoms with Crippen LogP contribution in [0.2, 0.25) is 0 Å². The van der Waals surface area contributed by atoms with Gasteiger partial charge in [-0.05, 0) is 32.7 Å². The lowest BCUT2D eigenvalue weighted by molar-refractivity contribution is 0.398. The van der Waals surface area contributed by atoms with Gasteiger partial charge in [-0.3, -0.25) is 0 Å². The molecule has 0 spiro atoms. The van der Waals surface area contributed by atoms with Crippen LogP contribution >= 0.6 is 0 Å². The van der Waals surface area contributed by atoms with E-state index in [4.69, 9.17) is 0 Å². The van der Waals surface area contributed by atoms with E-state index in [1.807, 2.05) is 13.0 Å². The normalized spacial score (nSPS) is 23.4. The minimum absolute atomic E-state index is 0.196. The number of piperidine rings is 1. The molecule has 4 heteroatoms. The monoisotopic (exact) mass is 245 g/mol. The fourth-order valence-corrected chi connectivity index (χ4v) is 2.73. The van der Waals surface area contributed by atoms with E-state index >= 15 is 0 Å². The van der Waals surface area contributed by atoms with Gasteiger partial charge in [0.05, 0.1) is 5.75 Å². The van der Waals surface area contributed by atoms with Crippen molar-refractivity contribution >= 4 is 9.84 Å². The second kappa shape index (κ2) is 6.40. The summed E-state index contributed by atoms with van der Waals surface area (Å²) in [6, 6.07) is 0.550. The molecule has 16 heavy (non-hydrogen) atoms. The van der Waals surface area contributed by atoms with E-state index < -0.39 is 9.84 Å². The Labute approximate surface area is 99.2 Å². The Morgan fingerprint density at radius 3 is 2.75 bits per heavy atom. The van der Waals surface area contributed by atoms with Crippen molar-refractivity contribution < 1.29 is 8.42 Å². The highest BCUT2D eigenvalue weighted by Gasteiger charge is 2.13. The predicted octanol–water partition coefficient (Wildman–Crippen LogP) is 1.90. The Bertz CT molecular complexity index is 327. The number of hydrogen-bond acceptors (Lipinski definition) is 3. The summed E-state index contributed by atoms with van der Waals surface area (Å²) in [6.07, 6.45) is 6.63. The largest absolute Gasteiger partial charge is 0.314 e. The van der Waals surface area contributed by atoms with E-state index in [-0.39, 0.29) is 11.5 Å². The Morgan fingerprint density at radius 2 is 2.19 bits per heavy atom. The third-order valence-electron chi connectivity index (χ3n) is 3.11. The van der Waals surface area contributed by atoms with E-state index in [1.165, 1.54) is 24.8 Å². The molecule has 94 valence electrons. The zero-order valence-corrected chi connectivity index (χ0v) is 11.1. The maximum Gasteiger partial charge on any atom is 0.153 e. The molecule has 0 amide bonds. The van der Waals surface area contributed by atoms with Crippen LogP contribution in [0.5, 0.6) is 0 Å². The van der Waals surface area contributed by atoms with Crippen molar-refractivity contribution in [3.8, 4) is 0 Å². The number of nitrogens with one attached hydrogen (secondary N) is 1. The van der Waals surface area contributed by atoms with Gasteiger partial charge in [0.1, 0.15) is 0 Å². The van der Waals surface area contributed by atoms with Crippen molar-refractivity contribution in [1.29, 1.82) is 0 Å². The van der Waals surface area contributed by atoms with Crippen molar-refractivity contribution in [3.63, 3.8) is 0 Å². The van der Waals surface area contributed by atoms with Crippen molar-refractivity contribution in [3.05, 3.63) is 11.6 Å². The summed E-state index contributed by atoms with van der Waals surface area (Å²) in [5, 5.41) is 3.47. The molecule has 1 N–H and O–H groups in total. The predicted molar refractivity (Wildman–Crippen MR) is 68.3 cm³/mol. The minimum Gasteiger partial charge on any atom is -0.314 e. The third-order valence-corrected chi connectivity index (χ3v) is 4.66. The molecule has 0 radical (unpaired) electrons. The van der Waals surface area contributed by atoms with Crippen LogP contribution in [0.4, 0.5) is 0 Å². The Kier molecular flexibility index (Phi) is 5.49. The quantitative estimate of drug-likeness (QED) is 0.753. The molecule has 1 fully saturated rings. The second-order valence-corrected chi connectivity index (χ2v) is 7.00. The second-order valence-electron chi connectivity index (χ2n) is 4.60. The number of hydrogen-bond donors (Lipinski definition) is 1. The number of rotatable bonds is 5. The molecule has 1 heterocycles. The molecule has 0 aromatic rings. The SMILES string of the molecule is CCS(=O)(=O)C/C=C(/C)CC1CCCCN1. The van der Waals surface area contributed by atoms with Crippen LogP contribution in [0, 0.1) is 0 Å². The van der Waals surface area contributed by atoms with Crippen LogP contribution in [-0.2, 0) is 9.84 Å². The van der Waals surface area contributed by atoms with Crippen LogP contribution in [0.1, 0.15) is 39.5 Å². The standard InChI is InChI=1S/C12H23NO2S/c1-3-16(14,15)9-7-11(2)10-12-6-4-5-8-13-12/h7,12-13H,3-6,8-10H2,1-2H3/b11-7-. The Hall–Kier alpha value is -0.350. The van der Waals surface area contributed by atoms with Crippen LogP contribution in [0.3, 0.4) is 0 Å². The molecule has 0 saturated carbocycles. The fraction of sp³-hybridized carbons (Fsp3) is 0.833. The third kappa shape index (κ3) is 5.12. The average molecular weight is 245 g/mol.